The summed E-state index contributed by atoms with van der Waals surface area (Å²) >= 11 is 0. The predicted molar refractivity (Wildman–Crippen MR) is 150 cm³/mol. The molecule has 0 amide bonds. The zero-order valence-corrected chi connectivity index (χ0v) is 22.6. The number of benzene rings is 2. The smallest absolute Gasteiger partial charge is 0.280 e. The average Bonchev–Trinajstić information content (AvgIpc) is 3.32. The fourth-order valence-corrected chi connectivity index (χ4v) is 4.91. The molecule has 0 atom stereocenters. The maximum absolute atomic E-state index is 14.9. The summed E-state index contributed by atoms with van der Waals surface area (Å²) in [6, 6.07) is 12.5. The first-order valence-electron chi connectivity index (χ1n) is 13.5. The second-order valence-corrected chi connectivity index (χ2v) is 10.0. The molecule has 6 rings (SSSR count). The zero-order valence-electron chi connectivity index (χ0n) is 22.6. The SMILES string of the molecule is CCOc1cc(F)c(Cn2nc(-c3ncc(CC4CNC4)c(Nc4ccnc(C(F)F)c4)n3)c3ccccc32)c(F)c1. The minimum atomic E-state index is -2.71. The molecule has 5 aromatic rings. The molecule has 216 valence electrons. The Balaban J connectivity index is 1.39. The van der Waals surface area contributed by atoms with Gasteiger partial charge in [0, 0.05) is 46.7 Å². The molecular weight excluding hydrogens is 550 g/mol. The van der Waals surface area contributed by atoms with Crippen LogP contribution in [0.15, 0.2) is 60.9 Å². The van der Waals surface area contributed by atoms with E-state index in [1.807, 2.05) is 18.2 Å². The maximum atomic E-state index is 14.9. The third-order valence-corrected chi connectivity index (χ3v) is 7.11. The Kier molecular flexibility index (Phi) is 7.70. The van der Waals surface area contributed by atoms with Crippen molar-refractivity contribution in [2.45, 2.75) is 26.3 Å². The van der Waals surface area contributed by atoms with E-state index in [9.17, 15) is 17.6 Å². The Labute approximate surface area is 238 Å². The lowest BCUT2D eigenvalue weighted by Crippen LogP contribution is -2.43. The summed E-state index contributed by atoms with van der Waals surface area (Å²) in [6.45, 7) is 3.57. The molecule has 2 aromatic carbocycles. The van der Waals surface area contributed by atoms with E-state index in [4.69, 9.17) is 9.72 Å². The highest BCUT2D eigenvalue weighted by Crippen LogP contribution is 2.31. The van der Waals surface area contributed by atoms with Crippen molar-refractivity contribution < 1.29 is 22.3 Å². The number of nitrogens with one attached hydrogen (secondary N) is 2. The van der Waals surface area contributed by atoms with Gasteiger partial charge < -0.3 is 15.4 Å². The molecule has 0 radical (unpaired) electrons. The third-order valence-electron chi connectivity index (χ3n) is 7.11. The van der Waals surface area contributed by atoms with Crippen LogP contribution in [-0.2, 0) is 13.0 Å². The largest absolute Gasteiger partial charge is 0.494 e. The van der Waals surface area contributed by atoms with Crippen molar-refractivity contribution >= 4 is 22.4 Å². The lowest BCUT2D eigenvalue weighted by molar-refractivity contribution is 0.146. The van der Waals surface area contributed by atoms with Crippen LogP contribution in [0.5, 0.6) is 5.75 Å². The summed E-state index contributed by atoms with van der Waals surface area (Å²) in [5.41, 5.74) is 1.78. The van der Waals surface area contributed by atoms with Crippen LogP contribution in [0.2, 0.25) is 0 Å². The van der Waals surface area contributed by atoms with Crippen LogP contribution in [0.25, 0.3) is 22.4 Å². The van der Waals surface area contributed by atoms with Gasteiger partial charge in [-0.25, -0.2) is 27.5 Å². The molecule has 12 heteroatoms. The van der Waals surface area contributed by atoms with Crippen molar-refractivity contribution in [3.63, 3.8) is 0 Å². The van der Waals surface area contributed by atoms with Crippen LogP contribution in [-0.4, -0.2) is 44.4 Å². The number of nitrogens with zero attached hydrogens (tertiary/aromatic N) is 5. The lowest BCUT2D eigenvalue weighted by Gasteiger charge is -2.27. The topological polar surface area (TPSA) is 89.8 Å². The van der Waals surface area contributed by atoms with E-state index in [0.29, 0.717) is 40.4 Å². The van der Waals surface area contributed by atoms with Gasteiger partial charge in [-0.05, 0) is 50.6 Å². The summed E-state index contributed by atoms with van der Waals surface area (Å²) in [5, 5.41) is 11.8. The average molecular weight is 578 g/mol. The van der Waals surface area contributed by atoms with Crippen molar-refractivity contribution in [3.05, 3.63) is 89.4 Å². The molecule has 4 heterocycles. The van der Waals surface area contributed by atoms with Crippen molar-refractivity contribution in [2.75, 3.05) is 25.0 Å². The number of alkyl halides is 2. The minimum Gasteiger partial charge on any atom is -0.494 e. The number of hydrogen-bond donors (Lipinski definition) is 2. The van der Waals surface area contributed by atoms with Gasteiger partial charge >= 0.3 is 0 Å². The number of pyridine rings is 1. The van der Waals surface area contributed by atoms with E-state index < -0.39 is 18.1 Å². The lowest BCUT2D eigenvalue weighted by atomic mass is 9.95. The van der Waals surface area contributed by atoms with Gasteiger partial charge in [0.2, 0.25) is 0 Å². The van der Waals surface area contributed by atoms with Gasteiger partial charge in [0.15, 0.2) is 5.82 Å². The number of halogens is 4. The van der Waals surface area contributed by atoms with Crippen LogP contribution in [0.3, 0.4) is 0 Å². The number of anilines is 2. The molecule has 0 saturated carbocycles. The van der Waals surface area contributed by atoms with Crippen LogP contribution in [0.4, 0.5) is 29.1 Å². The van der Waals surface area contributed by atoms with E-state index in [1.54, 1.807) is 25.3 Å². The standard InChI is InChI=1S/C30H27F4N7O/c1-2-42-20-11-23(31)22(24(32)12-20)16-41-26-6-4-3-5-21(26)27(40-41)30-37-15-18(9-17-13-35-14-17)29(39-30)38-19-7-8-36-25(10-19)28(33)34/h3-8,10-12,15,17,28,35H,2,9,13-14,16H2,1H3,(H,36,37,38,39). The first kappa shape index (κ1) is 27.6. The quantitative estimate of drug-likeness (QED) is 0.195. The highest BCUT2D eigenvalue weighted by atomic mass is 19.3. The monoisotopic (exact) mass is 577 g/mol. The Bertz CT molecular complexity index is 1720. The van der Waals surface area contributed by atoms with E-state index in [2.05, 4.69) is 25.7 Å². The van der Waals surface area contributed by atoms with E-state index in [-0.39, 0.29) is 36.0 Å². The molecule has 42 heavy (non-hydrogen) atoms. The number of para-hydroxylation sites is 1. The molecule has 8 nitrogen and oxygen atoms in total. The number of hydrogen-bond acceptors (Lipinski definition) is 7. The normalized spacial score (nSPS) is 13.5. The summed E-state index contributed by atoms with van der Waals surface area (Å²) in [5.74, 6) is -0.231. The Morgan fingerprint density at radius 2 is 1.86 bits per heavy atom. The Morgan fingerprint density at radius 3 is 2.57 bits per heavy atom. The third kappa shape index (κ3) is 5.62. The van der Waals surface area contributed by atoms with Crippen molar-refractivity contribution in [3.8, 4) is 17.3 Å². The number of aromatic nitrogens is 5. The summed E-state index contributed by atoms with van der Waals surface area (Å²) < 4.78 is 63.2. The van der Waals surface area contributed by atoms with Gasteiger partial charge in [0.25, 0.3) is 6.43 Å². The molecule has 1 saturated heterocycles. The van der Waals surface area contributed by atoms with Crippen LogP contribution in [0, 0.1) is 17.6 Å². The number of fused-ring (bicyclic) bond motifs is 1. The van der Waals surface area contributed by atoms with Gasteiger partial charge in [0.05, 0.1) is 18.7 Å². The van der Waals surface area contributed by atoms with E-state index in [0.717, 1.165) is 30.8 Å². The molecule has 2 N–H and O–H groups in total. The van der Waals surface area contributed by atoms with E-state index >= 15 is 0 Å². The van der Waals surface area contributed by atoms with Crippen molar-refractivity contribution in [1.82, 2.24) is 30.0 Å². The molecule has 1 aliphatic rings. The molecule has 3 aromatic heterocycles. The summed E-state index contributed by atoms with van der Waals surface area (Å²) in [6.07, 6.45) is 0.996. The molecule has 0 aliphatic carbocycles. The highest BCUT2D eigenvalue weighted by Gasteiger charge is 2.23. The van der Waals surface area contributed by atoms with E-state index in [1.165, 1.54) is 16.9 Å². The number of ether oxygens (including phenoxy) is 1. The van der Waals surface area contributed by atoms with Gasteiger partial charge in [-0.1, -0.05) is 18.2 Å². The first-order valence-corrected chi connectivity index (χ1v) is 13.5. The van der Waals surface area contributed by atoms with Gasteiger partial charge in [-0.15, -0.1) is 0 Å². The zero-order chi connectivity index (χ0) is 29.2. The fourth-order valence-electron chi connectivity index (χ4n) is 4.91. The molecule has 0 unspecified atom stereocenters. The fraction of sp³-hybridized carbons (Fsp3) is 0.267. The number of rotatable bonds is 10. The van der Waals surface area contributed by atoms with Gasteiger partial charge in [-0.2, -0.15) is 5.10 Å². The molecule has 1 aliphatic heterocycles. The second kappa shape index (κ2) is 11.7. The first-order chi connectivity index (χ1) is 20.4. The van der Waals surface area contributed by atoms with Crippen LogP contribution in [0.1, 0.15) is 30.2 Å². The Morgan fingerprint density at radius 1 is 1.07 bits per heavy atom. The molecule has 0 bridgehead atoms. The van der Waals surface area contributed by atoms with Gasteiger partial charge in [-0.3, -0.25) is 9.67 Å². The van der Waals surface area contributed by atoms with Crippen molar-refractivity contribution in [1.29, 1.82) is 0 Å². The molecular formula is C30H27F4N7O. The molecule has 1 fully saturated rings. The highest BCUT2D eigenvalue weighted by molar-refractivity contribution is 5.92. The summed E-state index contributed by atoms with van der Waals surface area (Å²) in [7, 11) is 0. The predicted octanol–water partition coefficient (Wildman–Crippen LogP) is 6.06. The summed E-state index contributed by atoms with van der Waals surface area (Å²) in [4.78, 5) is 13.1. The van der Waals surface area contributed by atoms with Crippen LogP contribution < -0.4 is 15.4 Å². The minimum absolute atomic E-state index is 0.114. The van der Waals surface area contributed by atoms with Crippen molar-refractivity contribution in [2.24, 2.45) is 5.92 Å². The Hall–Kier alpha value is -4.58. The second-order valence-electron chi connectivity index (χ2n) is 10.0. The maximum Gasteiger partial charge on any atom is 0.280 e. The molecule has 0 spiro atoms. The van der Waals surface area contributed by atoms with Crippen LogP contribution >= 0.6 is 0 Å². The van der Waals surface area contributed by atoms with Gasteiger partial charge in [0.1, 0.15) is 34.6 Å².